The van der Waals surface area contributed by atoms with Crippen LogP contribution in [0.1, 0.15) is 19.4 Å². The zero-order valence-corrected chi connectivity index (χ0v) is 11.1. The van der Waals surface area contributed by atoms with E-state index in [-0.39, 0.29) is 0 Å². The molecule has 0 radical (unpaired) electrons. The molecule has 0 aliphatic carbocycles. The summed E-state index contributed by atoms with van der Waals surface area (Å²) in [5.41, 5.74) is 4.87. The quantitative estimate of drug-likeness (QED) is 0.658. The number of anilines is 1. The number of hydrogen-bond donors (Lipinski definition) is 1. The molecule has 1 aromatic carbocycles. The Morgan fingerprint density at radius 1 is 1.21 bits per heavy atom. The van der Waals surface area contributed by atoms with Gasteiger partial charge >= 0.3 is 0 Å². The zero-order chi connectivity index (χ0) is 13.5. The van der Waals surface area contributed by atoms with E-state index in [9.17, 15) is 0 Å². The number of benzene rings is 1. The lowest BCUT2D eigenvalue weighted by molar-refractivity contribution is 0.340. The second-order valence-corrected chi connectivity index (χ2v) is 3.98. The number of aromatic nitrogens is 1. The number of nitrogens with zero attached hydrogens (tertiary/aromatic N) is 2. The Labute approximate surface area is 113 Å². The fourth-order valence-electron chi connectivity index (χ4n) is 1.59. The lowest BCUT2D eigenvalue weighted by Gasteiger charge is -2.05. The molecule has 1 N–H and O–H groups in total. The Kier molecular flexibility index (Phi) is 4.50. The normalized spacial score (nSPS) is 11.2. The fraction of sp³-hybridized carbons (Fsp3) is 0.200. The van der Waals surface area contributed by atoms with Gasteiger partial charge in [-0.3, -0.25) is 5.43 Å². The summed E-state index contributed by atoms with van der Waals surface area (Å²) in [5.74, 6) is 1.60. The molecule has 0 saturated carbocycles. The maximum Gasteiger partial charge on any atom is 0.146 e. The van der Waals surface area contributed by atoms with Crippen molar-refractivity contribution in [2.45, 2.75) is 13.8 Å². The van der Waals surface area contributed by atoms with E-state index in [2.05, 4.69) is 15.5 Å². The van der Waals surface area contributed by atoms with E-state index in [0.717, 1.165) is 22.8 Å². The molecule has 19 heavy (non-hydrogen) atoms. The first-order chi connectivity index (χ1) is 9.29. The van der Waals surface area contributed by atoms with E-state index in [1.807, 2.05) is 56.3 Å². The predicted molar refractivity (Wildman–Crippen MR) is 77.7 cm³/mol. The third kappa shape index (κ3) is 3.81. The molecule has 4 heteroatoms. The first kappa shape index (κ1) is 13.1. The van der Waals surface area contributed by atoms with Gasteiger partial charge in [0.05, 0.1) is 12.3 Å². The van der Waals surface area contributed by atoms with Gasteiger partial charge in [0.25, 0.3) is 0 Å². The third-order valence-corrected chi connectivity index (χ3v) is 2.59. The first-order valence-electron chi connectivity index (χ1n) is 6.24. The molecular formula is C15H17N3O. The van der Waals surface area contributed by atoms with E-state index >= 15 is 0 Å². The molecule has 0 bridgehead atoms. The SMILES string of the molecule is CCOc1ccc(/C(C)=N\Nc2ccccn2)cc1. The highest BCUT2D eigenvalue weighted by Crippen LogP contribution is 2.13. The standard InChI is InChI=1S/C15H17N3O/c1-3-19-14-9-7-13(8-10-14)12(2)17-18-15-6-4-5-11-16-15/h4-11H,3H2,1-2H3,(H,16,18)/b17-12-. The highest BCUT2D eigenvalue weighted by molar-refractivity contribution is 5.99. The Balaban J connectivity index is 2.04. The lowest BCUT2D eigenvalue weighted by atomic mass is 10.1. The van der Waals surface area contributed by atoms with E-state index in [4.69, 9.17) is 4.74 Å². The molecule has 1 heterocycles. The summed E-state index contributed by atoms with van der Waals surface area (Å²) in [5, 5.41) is 4.30. The van der Waals surface area contributed by atoms with E-state index in [1.54, 1.807) is 6.20 Å². The van der Waals surface area contributed by atoms with Crippen LogP contribution in [0.2, 0.25) is 0 Å². The van der Waals surface area contributed by atoms with Crippen molar-refractivity contribution in [1.29, 1.82) is 0 Å². The van der Waals surface area contributed by atoms with Gasteiger partial charge in [0.1, 0.15) is 11.6 Å². The van der Waals surface area contributed by atoms with Crippen molar-refractivity contribution in [3.05, 3.63) is 54.2 Å². The van der Waals surface area contributed by atoms with Crippen LogP contribution in [0.25, 0.3) is 0 Å². The van der Waals surface area contributed by atoms with Crippen molar-refractivity contribution in [2.75, 3.05) is 12.0 Å². The number of pyridine rings is 1. The Morgan fingerprint density at radius 3 is 2.63 bits per heavy atom. The molecule has 0 fully saturated rings. The minimum absolute atomic E-state index is 0.674. The van der Waals surface area contributed by atoms with E-state index in [1.165, 1.54) is 0 Å². The van der Waals surface area contributed by atoms with Gasteiger partial charge in [0.15, 0.2) is 0 Å². The molecule has 0 saturated heterocycles. The van der Waals surface area contributed by atoms with Crippen molar-refractivity contribution >= 4 is 11.5 Å². The molecule has 0 spiro atoms. The minimum Gasteiger partial charge on any atom is -0.494 e. The van der Waals surface area contributed by atoms with Gasteiger partial charge in [-0.15, -0.1) is 0 Å². The highest BCUT2D eigenvalue weighted by atomic mass is 16.5. The first-order valence-corrected chi connectivity index (χ1v) is 6.24. The van der Waals surface area contributed by atoms with Crippen LogP contribution in [-0.4, -0.2) is 17.3 Å². The van der Waals surface area contributed by atoms with Crippen molar-refractivity contribution in [3.8, 4) is 5.75 Å². The number of nitrogens with one attached hydrogen (secondary N) is 1. The van der Waals surface area contributed by atoms with E-state index in [0.29, 0.717) is 6.61 Å². The Morgan fingerprint density at radius 2 is 2.00 bits per heavy atom. The van der Waals surface area contributed by atoms with Gasteiger partial charge in [0, 0.05) is 6.20 Å². The molecule has 4 nitrogen and oxygen atoms in total. The summed E-state index contributed by atoms with van der Waals surface area (Å²) >= 11 is 0. The van der Waals surface area contributed by atoms with Crippen LogP contribution in [0.5, 0.6) is 5.75 Å². The van der Waals surface area contributed by atoms with Crippen LogP contribution in [0.4, 0.5) is 5.82 Å². The van der Waals surface area contributed by atoms with Crippen LogP contribution in [0.3, 0.4) is 0 Å². The van der Waals surface area contributed by atoms with Gasteiger partial charge in [-0.1, -0.05) is 6.07 Å². The van der Waals surface area contributed by atoms with Crippen molar-refractivity contribution in [3.63, 3.8) is 0 Å². The van der Waals surface area contributed by atoms with Gasteiger partial charge in [-0.05, 0) is 55.8 Å². The smallest absolute Gasteiger partial charge is 0.146 e. The maximum absolute atomic E-state index is 5.40. The van der Waals surface area contributed by atoms with Crippen LogP contribution in [0.15, 0.2) is 53.8 Å². The third-order valence-electron chi connectivity index (χ3n) is 2.59. The van der Waals surface area contributed by atoms with Crippen LogP contribution >= 0.6 is 0 Å². The number of rotatable bonds is 5. The summed E-state index contributed by atoms with van der Waals surface area (Å²) in [7, 11) is 0. The Hall–Kier alpha value is -2.36. The van der Waals surface area contributed by atoms with Crippen LogP contribution < -0.4 is 10.2 Å². The molecule has 0 unspecified atom stereocenters. The van der Waals surface area contributed by atoms with Gasteiger partial charge < -0.3 is 4.74 Å². The molecule has 0 atom stereocenters. The molecule has 98 valence electrons. The number of hydrogen-bond acceptors (Lipinski definition) is 4. The van der Waals surface area contributed by atoms with E-state index < -0.39 is 0 Å². The monoisotopic (exact) mass is 255 g/mol. The van der Waals surface area contributed by atoms with Gasteiger partial charge in [-0.2, -0.15) is 5.10 Å². The second-order valence-electron chi connectivity index (χ2n) is 3.98. The van der Waals surface area contributed by atoms with Crippen molar-refractivity contribution in [2.24, 2.45) is 5.10 Å². The summed E-state index contributed by atoms with van der Waals surface area (Å²) in [6.07, 6.45) is 1.73. The molecule has 0 amide bonds. The molecule has 0 aliphatic heterocycles. The summed E-state index contributed by atoms with van der Waals surface area (Å²) in [4.78, 5) is 4.14. The molecule has 0 aliphatic rings. The minimum atomic E-state index is 0.674. The van der Waals surface area contributed by atoms with Gasteiger partial charge in [-0.25, -0.2) is 4.98 Å². The van der Waals surface area contributed by atoms with Crippen molar-refractivity contribution < 1.29 is 4.74 Å². The fourth-order valence-corrected chi connectivity index (χ4v) is 1.59. The number of hydrazone groups is 1. The second kappa shape index (κ2) is 6.54. The summed E-state index contributed by atoms with van der Waals surface area (Å²) in [6.45, 7) is 4.59. The molecule has 2 aromatic rings. The van der Waals surface area contributed by atoms with Crippen molar-refractivity contribution in [1.82, 2.24) is 4.98 Å². The van der Waals surface area contributed by atoms with Crippen LogP contribution in [-0.2, 0) is 0 Å². The van der Waals surface area contributed by atoms with Crippen LogP contribution in [0, 0.1) is 0 Å². The largest absolute Gasteiger partial charge is 0.494 e. The summed E-state index contributed by atoms with van der Waals surface area (Å²) in [6, 6.07) is 13.5. The Bertz CT molecular complexity index is 535. The molecule has 2 rings (SSSR count). The topological polar surface area (TPSA) is 46.5 Å². The average Bonchev–Trinajstić information content (AvgIpc) is 2.47. The molecular weight excluding hydrogens is 238 g/mol. The summed E-state index contributed by atoms with van der Waals surface area (Å²) < 4.78 is 5.40. The maximum atomic E-state index is 5.40. The molecule has 1 aromatic heterocycles. The zero-order valence-electron chi connectivity index (χ0n) is 11.1. The lowest BCUT2D eigenvalue weighted by Crippen LogP contribution is -2.00. The predicted octanol–water partition coefficient (Wildman–Crippen LogP) is 3.32. The average molecular weight is 255 g/mol. The number of ether oxygens (including phenoxy) is 1. The van der Waals surface area contributed by atoms with Gasteiger partial charge in [0.2, 0.25) is 0 Å². The highest BCUT2D eigenvalue weighted by Gasteiger charge is 1.98.